The lowest BCUT2D eigenvalue weighted by molar-refractivity contribution is -0.121. The molecule has 1 N–H and O–H groups in total. The SMILES string of the molecule is Cc1nn(C)c(Cl)c1C(=O)N1CCCC(C(=O)Nc2ccccc2)C1. The van der Waals surface area contributed by atoms with Crippen LogP contribution >= 0.6 is 11.6 Å². The van der Waals surface area contributed by atoms with Gasteiger partial charge in [0.05, 0.1) is 17.2 Å². The molecule has 1 aromatic carbocycles. The number of nitrogens with one attached hydrogen (secondary N) is 1. The molecular formula is C18H21ClN4O2. The highest BCUT2D eigenvalue weighted by Crippen LogP contribution is 2.25. The molecule has 2 amide bonds. The molecule has 7 heteroatoms. The van der Waals surface area contributed by atoms with Crippen LogP contribution in [0.5, 0.6) is 0 Å². The normalized spacial score (nSPS) is 17.4. The standard InChI is InChI=1S/C18H21ClN4O2/c1-12-15(16(19)22(2)21-12)18(25)23-10-6-7-13(11-23)17(24)20-14-8-4-3-5-9-14/h3-5,8-9,13H,6-7,10-11H2,1-2H3,(H,20,24). The number of amides is 2. The molecule has 1 fully saturated rings. The Bertz CT molecular complexity index is 788. The van der Waals surface area contributed by atoms with Crippen LogP contribution < -0.4 is 5.32 Å². The lowest BCUT2D eigenvalue weighted by Crippen LogP contribution is -2.44. The Labute approximate surface area is 151 Å². The predicted molar refractivity (Wildman–Crippen MR) is 96.7 cm³/mol. The van der Waals surface area contributed by atoms with Gasteiger partial charge in [0.25, 0.3) is 5.91 Å². The third-order valence-corrected chi connectivity index (χ3v) is 4.92. The van der Waals surface area contributed by atoms with Crippen LogP contribution in [-0.4, -0.2) is 39.6 Å². The van der Waals surface area contributed by atoms with Crippen LogP contribution in [0.2, 0.25) is 5.15 Å². The fraction of sp³-hybridized carbons (Fsp3) is 0.389. The lowest BCUT2D eigenvalue weighted by Gasteiger charge is -2.32. The van der Waals surface area contributed by atoms with Gasteiger partial charge in [-0.3, -0.25) is 14.3 Å². The van der Waals surface area contributed by atoms with Crippen molar-refractivity contribution in [3.8, 4) is 0 Å². The number of likely N-dealkylation sites (tertiary alicyclic amines) is 1. The molecule has 132 valence electrons. The summed E-state index contributed by atoms with van der Waals surface area (Å²) in [5, 5.41) is 7.44. The van der Waals surface area contributed by atoms with E-state index >= 15 is 0 Å². The number of para-hydroxylation sites is 1. The second-order valence-corrected chi connectivity index (χ2v) is 6.68. The number of anilines is 1. The molecule has 1 unspecified atom stereocenters. The number of rotatable bonds is 3. The van der Waals surface area contributed by atoms with Crippen molar-refractivity contribution in [1.82, 2.24) is 14.7 Å². The van der Waals surface area contributed by atoms with Gasteiger partial charge in [-0.15, -0.1) is 0 Å². The number of benzene rings is 1. The Kier molecular flexibility index (Phi) is 5.08. The number of halogens is 1. The largest absolute Gasteiger partial charge is 0.338 e. The van der Waals surface area contributed by atoms with Crippen LogP contribution in [0.25, 0.3) is 0 Å². The van der Waals surface area contributed by atoms with Crippen molar-refractivity contribution in [2.45, 2.75) is 19.8 Å². The lowest BCUT2D eigenvalue weighted by atomic mass is 9.96. The highest BCUT2D eigenvalue weighted by atomic mass is 35.5. The summed E-state index contributed by atoms with van der Waals surface area (Å²) in [5.74, 6) is -0.445. The van der Waals surface area contributed by atoms with Crippen molar-refractivity contribution in [3.63, 3.8) is 0 Å². The monoisotopic (exact) mass is 360 g/mol. The van der Waals surface area contributed by atoms with E-state index in [9.17, 15) is 9.59 Å². The molecule has 2 aromatic rings. The number of carbonyl (C=O) groups is 2. The molecule has 0 aliphatic carbocycles. The van der Waals surface area contributed by atoms with E-state index in [-0.39, 0.29) is 17.7 Å². The summed E-state index contributed by atoms with van der Waals surface area (Å²) in [7, 11) is 1.71. The zero-order valence-electron chi connectivity index (χ0n) is 14.3. The van der Waals surface area contributed by atoms with Gasteiger partial charge in [0.2, 0.25) is 5.91 Å². The van der Waals surface area contributed by atoms with Gasteiger partial charge in [0, 0.05) is 25.8 Å². The summed E-state index contributed by atoms with van der Waals surface area (Å²) in [4.78, 5) is 27.1. The van der Waals surface area contributed by atoms with Crippen molar-refractivity contribution in [1.29, 1.82) is 0 Å². The van der Waals surface area contributed by atoms with E-state index in [4.69, 9.17) is 11.6 Å². The van der Waals surface area contributed by atoms with Gasteiger partial charge in [0.1, 0.15) is 5.15 Å². The van der Waals surface area contributed by atoms with Crippen molar-refractivity contribution >= 4 is 29.1 Å². The van der Waals surface area contributed by atoms with Gasteiger partial charge in [0.15, 0.2) is 0 Å². The van der Waals surface area contributed by atoms with Crippen molar-refractivity contribution in [2.75, 3.05) is 18.4 Å². The van der Waals surface area contributed by atoms with Crippen LogP contribution in [0.3, 0.4) is 0 Å². The number of piperidine rings is 1. The minimum absolute atomic E-state index is 0.0577. The van der Waals surface area contributed by atoms with Crippen LogP contribution in [0.15, 0.2) is 30.3 Å². The molecule has 0 radical (unpaired) electrons. The summed E-state index contributed by atoms with van der Waals surface area (Å²) < 4.78 is 1.49. The van der Waals surface area contributed by atoms with E-state index < -0.39 is 0 Å². The van der Waals surface area contributed by atoms with Crippen molar-refractivity contribution in [2.24, 2.45) is 13.0 Å². The van der Waals surface area contributed by atoms with Crippen LogP contribution in [0, 0.1) is 12.8 Å². The average molecular weight is 361 g/mol. The first-order chi connectivity index (χ1) is 12.0. The maximum Gasteiger partial charge on any atom is 0.258 e. The Hall–Kier alpha value is -2.34. The second kappa shape index (κ2) is 7.27. The third-order valence-electron chi connectivity index (χ3n) is 4.49. The van der Waals surface area contributed by atoms with Gasteiger partial charge >= 0.3 is 0 Å². The minimum Gasteiger partial charge on any atom is -0.338 e. The van der Waals surface area contributed by atoms with Crippen LogP contribution in [0.4, 0.5) is 5.69 Å². The maximum absolute atomic E-state index is 12.8. The maximum atomic E-state index is 12.8. The Morgan fingerprint density at radius 2 is 2.00 bits per heavy atom. The van der Waals surface area contributed by atoms with Crippen LogP contribution in [-0.2, 0) is 11.8 Å². The number of aryl methyl sites for hydroxylation is 2. The topological polar surface area (TPSA) is 67.2 Å². The van der Waals surface area contributed by atoms with E-state index in [1.165, 1.54) is 4.68 Å². The summed E-state index contributed by atoms with van der Waals surface area (Å²) in [6.45, 7) is 2.78. The zero-order valence-corrected chi connectivity index (χ0v) is 15.1. The molecule has 1 aromatic heterocycles. The Morgan fingerprint density at radius 3 is 2.64 bits per heavy atom. The number of hydrogen-bond acceptors (Lipinski definition) is 3. The fourth-order valence-electron chi connectivity index (χ4n) is 3.17. The average Bonchev–Trinajstić information content (AvgIpc) is 2.87. The van der Waals surface area contributed by atoms with Gasteiger partial charge in [-0.1, -0.05) is 29.8 Å². The number of hydrogen-bond donors (Lipinski definition) is 1. The molecule has 1 atom stereocenters. The van der Waals surface area contributed by atoms with Crippen molar-refractivity contribution in [3.05, 3.63) is 46.7 Å². The number of aromatic nitrogens is 2. The molecule has 2 heterocycles. The van der Waals surface area contributed by atoms with Gasteiger partial charge in [-0.2, -0.15) is 5.10 Å². The first-order valence-corrected chi connectivity index (χ1v) is 8.69. The minimum atomic E-state index is -0.228. The quantitative estimate of drug-likeness (QED) is 0.915. The molecular weight excluding hydrogens is 340 g/mol. The molecule has 0 bridgehead atoms. The first kappa shape index (κ1) is 17.5. The zero-order chi connectivity index (χ0) is 18.0. The third kappa shape index (κ3) is 3.69. The molecule has 25 heavy (non-hydrogen) atoms. The Balaban J connectivity index is 1.70. The van der Waals surface area contributed by atoms with E-state index in [0.29, 0.717) is 29.5 Å². The van der Waals surface area contributed by atoms with E-state index in [2.05, 4.69) is 10.4 Å². The fourth-order valence-corrected chi connectivity index (χ4v) is 3.43. The first-order valence-electron chi connectivity index (χ1n) is 8.31. The van der Waals surface area contributed by atoms with E-state index in [1.54, 1.807) is 18.9 Å². The van der Waals surface area contributed by atoms with Gasteiger partial charge in [-0.25, -0.2) is 0 Å². The molecule has 0 saturated carbocycles. The molecule has 1 aliphatic heterocycles. The van der Waals surface area contributed by atoms with Gasteiger partial charge in [-0.05, 0) is 31.9 Å². The van der Waals surface area contributed by atoms with E-state index in [0.717, 1.165) is 18.5 Å². The summed E-state index contributed by atoms with van der Waals surface area (Å²) >= 11 is 6.21. The number of carbonyl (C=O) groups excluding carboxylic acids is 2. The smallest absolute Gasteiger partial charge is 0.258 e. The highest BCUT2D eigenvalue weighted by Gasteiger charge is 2.31. The van der Waals surface area contributed by atoms with Crippen molar-refractivity contribution < 1.29 is 9.59 Å². The van der Waals surface area contributed by atoms with Crippen LogP contribution in [0.1, 0.15) is 28.9 Å². The molecule has 3 rings (SSSR count). The summed E-state index contributed by atoms with van der Waals surface area (Å²) in [6.07, 6.45) is 1.55. The molecule has 1 aliphatic rings. The Morgan fingerprint density at radius 1 is 1.28 bits per heavy atom. The second-order valence-electron chi connectivity index (χ2n) is 6.32. The number of nitrogens with zero attached hydrogens (tertiary/aromatic N) is 3. The summed E-state index contributed by atoms with van der Waals surface area (Å²) in [5.41, 5.74) is 1.80. The summed E-state index contributed by atoms with van der Waals surface area (Å²) in [6, 6.07) is 9.35. The van der Waals surface area contributed by atoms with Gasteiger partial charge < -0.3 is 10.2 Å². The molecule has 0 spiro atoms. The van der Waals surface area contributed by atoms with E-state index in [1.807, 2.05) is 30.3 Å². The predicted octanol–water partition coefficient (Wildman–Crippen LogP) is 2.87. The molecule has 6 nitrogen and oxygen atoms in total. The highest BCUT2D eigenvalue weighted by molar-refractivity contribution is 6.33. The molecule has 1 saturated heterocycles.